The Morgan fingerprint density at radius 2 is 2.17 bits per heavy atom. The zero-order chi connectivity index (χ0) is 9.30. The first-order chi connectivity index (χ1) is 5.54. The SMILES string of the molecule is CC1=CCC(C(C)C)C(=O)[C@H]1Br. The molecule has 0 aromatic carbocycles. The second-order valence-electron chi connectivity index (χ2n) is 3.80. The molecule has 0 heterocycles. The fourth-order valence-electron chi connectivity index (χ4n) is 1.55. The number of hydrogen-bond donors (Lipinski definition) is 0. The van der Waals surface area contributed by atoms with E-state index in [2.05, 4.69) is 35.9 Å². The van der Waals surface area contributed by atoms with E-state index in [1.165, 1.54) is 0 Å². The molecule has 0 fully saturated rings. The van der Waals surface area contributed by atoms with E-state index >= 15 is 0 Å². The first-order valence-corrected chi connectivity index (χ1v) is 5.30. The number of carbonyl (C=O) groups is 1. The molecule has 1 unspecified atom stereocenters. The molecule has 1 aliphatic carbocycles. The molecule has 2 atom stereocenters. The van der Waals surface area contributed by atoms with Crippen molar-refractivity contribution in [2.75, 3.05) is 0 Å². The molecule has 0 radical (unpaired) electrons. The summed E-state index contributed by atoms with van der Waals surface area (Å²) >= 11 is 3.41. The molecule has 0 spiro atoms. The summed E-state index contributed by atoms with van der Waals surface area (Å²) in [5.74, 6) is 1.03. The summed E-state index contributed by atoms with van der Waals surface area (Å²) in [6.45, 7) is 6.22. The van der Waals surface area contributed by atoms with E-state index < -0.39 is 0 Å². The van der Waals surface area contributed by atoms with E-state index in [0.717, 1.165) is 12.0 Å². The third-order valence-corrected chi connectivity index (χ3v) is 3.69. The van der Waals surface area contributed by atoms with Gasteiger partial charge >= 0.3 is 0 Å². The van der Waals surface area contributed by atoms with Crippen molar-refractivity contribution in [2.24, 2.45) is 11.8 Å². The maximum Gasteiger partial charge on any atom is 0.154 e. The van der Waals surface area contributed by atoms with Gasteiger partial charge in [0.05, 0.1) is 4.83 Å². The van der Waals surface area contributed by atoms with Crippen LogP contribution in [0, 0.1) is 11.8 Å². The normalized spacial score (nSPS) is 30.8. The maximum atomic E-state index is 11.7. The lowest BCUT2D eigenvalue weighted by molar-refractivity contribution is -0.123. The Morgan fingerprint density at radius 1 is 1.58 bits per heavy atom. The topological polar surface area (TPSA) is 17.1 Å². The van der Waals surface area contributed by atoms with Gasteiger partial charge in [0.2, 0.25) is 0 Å². The van der Waals surface area contributed by atoms with E-state index in [0.29, 0.717) is 11.7 Å². The number of allylic oxidation sites excluding steroid dienone is 2. The number of rotatable bonds is 1. The lowest BCUT2D eigenvalue weighted by atomic mass is 9.81. The summed E-state index contributed by atoms with van der Waals surface area (Å²) in [5, 5.41) is 0. The molecular weight excluding hydrogens is 216 g/mol. The van der Waals surface area contributed by atoms with Gasteiger partial charge in [-0.25, -0.2) is 0 Å². The zero-order valence-corrected chi connectivity index (χ0v) is 9.39. The van der Waals surface area contributed by atoms with Crippen LogP contribution < -0.4 is 0 Å². The highest BCUT2D eigenvalue weighted by atomic mass is 79.9. The fraction of sp³-hybridized carbons (Fsp3) is 0.700. The van der Waals surface area contributed by atoms with Gasteiger partial charge in [-0.3, -0.25) is 4.79 Å². The molecule has 0 saturated carbocycles. The van der Waals surface area contributed by atoms with Crippen LogP contribution in [0.25, 0.3) is 0 Å². The van der Waals surface area contributed by atoms with Crippen molar-refractivity contribution >= 4 is 21.7 Å². The van der Waals surface area contributed by atoms with Crippen molar-refractivity contribution in [3.05, 3.63) is 11.6 Å². The Balaban J connectivity index is 2.80. The van der Waals surface area contributed by atoms with Crippen LogP contribution in [0.1, 0.15) is 27.2 Å². The molecule has 1 rings (SSSR count). The Hall–Kier alpha value is -0.110. The van der Waals surface area contributed by atoms with Gasteiger partial charge in [-0.2, -0.15) is 0 Å². The molecule has 0 aromatic heterocycles. The van der Waals surface area contributed by atoms with Crippen LogP contribution in [0.2, 0.25) is 0 Å². The van der Waals surface area contributed by atoms with E-state index in [1.807, 2.05) is 6.92 Å². The van der Waals surface area contributed by atoms with Gasteiger partial charge in [-0.05, 0) is 19.3 Å². The molecule has 0 N–H and O–H groups in total. The van der Waals surface area contributed by atoms with Crippen LogP contribution in [0.5, 0.6) is 0 Å². The standard InChI is InChI=1S/C10H15BrO/c1-6(2)8-5-4-7(3)9(11)10(8)12/h4,6,8-9H,5H2,1-3H3/t8?,9-/m0/s1. The lowest BCUT2D eigenvalue weighted by Gasteiger charge is -2.26. The highest BCUT2D eigenvalue weighted by molar-refractivity contribution is 9.10. The monoisotopic (exact) mass is 230 g/mol. The molecule has 12 heavy (non-hydrogen) atoms. The first kappa shape index (κ1) is 9.97. The van der Waals surface area contributed by atoms with Crippen LogP contribution in [-0.4, -0.2) is 10.6 Å². The second kappa shape index (κ2) is 3.73. The molecule has 0 amide bonds. The minimum atomic E-state index is -0.0290. The number of carbonyl (C=O) groups excluding carboxylic acids is 1. The van der Waals surface area contributed by atoms with Crippen molar-refractivity contribution in [3.63, 3.8) is 0 Å². The Kier molecular flexibility index (Phi) is 3.10. The van der Waals surface area contributed by atoms with Gasteiger partial charge < -0.3 is 0 Å². The van der Waals surface area contributed by atoms with Gasteiger partial charge in [0.1, 0.15) is 0 Å². The average Bonchev–Trinajstić information content (AvgIpc) is 2.00. The van der Waals surface area contributed by atoms with Crippen LogP contribution in [0.3, 0.4) is 0 Å². The molecule has 2 heteroatoms. The number of halogens is 1. The predicted molar refractivity (Wildman–Crippen MR) is 54.4 cm³/mol. The summed E-state index contributed by atoms with van der Waals surface area (Å²) in [5.41, 5.74) is 1.16. The second-order valence-corrected chi connectivity index (χ2v) is 4.71. The third kappa shape index (κ3) is 1.79. The summed E-state index contributed by atoms with van der Waals surface area (Å²) in [7, 11) is 0. The fourth-order valence-corrected chi connectivity index (χ4v) is 2.07. The molecule has 68 valence electrons. The molecule has 0 saturated heterocycles. The van der Waals surface area contributed by atoms with Crippen molar-refractivity contribution in [1.29, 1.82) is 0 Å². The lowest BCUT2D eigenvalue weighted by Crippen LogP contribution is -2.31. The van der Waals surface area contributed by atoms with Crippen molar-refractivity contribution in [2.45, 2.75) is 32.0 Å². The van der Waals surface area contributed by atoms with Crippen LogP contribution >= 0.6 is 15.9 Å². The van der Waals surface area contributed by atoms with Crippen LogP contribution in [-0.2, 0) is 4.79 Å². The summed E-state index contributed by atoms with van der Waals surface area (Å²) in [6, 6.07) is 0. The van der Waals surface area contributed by atoms with Gasteiger partial charge in [0.15, 0.2) is 5.78 Å². The van der Waals surface area contributed by atoms with E-state index in [1.54, 1.807) is 0 Å². The van der Waals surface area contributed by atoms with E-state index in [4.69, 9.17) is 0 Å². The van der Waals surface area contributed by atoms with Crippen molar-refractivity contribution in [1.82, 2.24) is 0 Å². The largest absolute Gasteiger partial charge is 0.298 e. The summed E-state index contributed by atoms with van der Waals surface area (Å²) in [6.07, 6.45) is 3.09. The molecule has 1 aliphatic rings. The van der Waals surface area contributed by atoms with Crippen LogP contribution in [0.15, 0.2) is 11.6 Å². The Labute approximate surface area is 82.4 Å². The van der Waals surface area contributed by atoms with Gasteiger partial charge in [-0.15, -0.1) is 0 Å². The summed E-state index contributed by atoms with van der Waals surface area (Å²) < 4.78 is 0. The van der Waals surface area contributed by atoms with Crippen LogP contribution in [0.4, 0.5) is 0 Å². The maximum absolute atomic E-state index is 11.7. The minimum absolute atomic E-state index is 0.0290. The molecular formula is C10H15BrO. The number of Topliss-reactive ketones (excluding diaryl/α,β-unsaturated/α-hetero) is 1. The highest BCUT2D eigenvalue weighted by Gasteiger charge is 2.30. The quantitative estimate of drug-likeness (QED) is 0.501. The minimum Gasteiger partial charge on any atom is -0.298 e. The number of ketones is 1. The number of hydrogen-bond acceptors (Lipinski definition) is 1. The molecule has 1 nitrogen and oxygen atoms in total. The smallest absolute Gasteiger partial charge is 0.154 e. The van der Waals surface area contributed by atoms with Crippen molar-refractivity contribution in [3.8, 4) is 0 Å². The third-order valence-electron chi connectivity index (χ3n) is 2.51. The summed E-state index contributed by atoms with van der Waals surface area (Å²) in [4.78, 5) is 11.7. The average molecular weight is 231 g/mol. The number of alkyl halides is 1. The van der Waals surface area contributed by atoms with E-state index in [9.17, 15) is 4.79 Å². The van der Waals surface area contributed by atoms with Gasteiger partial charge in [0, 0.05) is 5.92 Å². The Bertz CT molecular complexity index is 218. The zero-order valence-electron chi connectivity index (χ0n) is 7.80. The van der Waals surface area contributed by atoms with Gasteiger partial charge in [-0.1, -0.05) is 41.4 Å². The molecule has 0 bridgehead atoms. The molecule has 0 aromatic rings. The van der Waals surface area contributed by atoms with Gasteiger partial charge in [0.25, 0.3) is 0 Å². The Morgan fingerprint density at radius 3 is 2.67 bits per heavy atom. The predicted octanol–water partition coefficient (Wildman–Crippen LogP) is 2.94. The molecule has 0 aliphatic heterocycles. The van der Waals surface area contributed by atoms with E-state index in [-0.39, 0.29) is 10.7 Å². The first-order valence-electron chi connectivity index (χ1n) is 4.38. The van der Waals surface area contributed by atoms with Crippen molar-refractivity contribution < 1.29 is 4.79 Å². The highest BCUT2D eigenvalue weighted by Crippen LogP contribution is 2.30.